The number of hydrogen-bond acceptors (Lipinski definition) is 6. The maximum atomic E-state index is 5.68. The van der Waals surface area contributed by atoms with Gasteiger partial charge >= 0.3 is 0 Å². The molecule has 1 unspecified atom stereocenters. The first-order valence-electron chi connectivity index (χ1n) is 6.29. The first kappa shape index (κ1) is 13.1. The normalized spacial score (nSPS) is 12.1. The summed E-state index contributed by atoms with van der Waals surface area (Å²) in [7, 11) is 0. The Hall–Kier alpha value is -2.31. The van der Waals surface area contributed by atoms with Crippen molar-refractivity contribution < 1.29 is 0 Å². The van der Waals surface area contributed by atoms with Gasteiger partial charge < -0.3 is 16.4 Å². The van der Waals surface area contributed by atoms with E-state index in [0.717, 1.165) is 18.9 Å². The molecule has 0 aliphatic heterocycles. The summed E-state index contributed by atoms with van der Waals surface area (Å²) < 4.78 is 1.87. The molecule has 0 aliphatic carbocycles. The molecular formula is C12H19N7. The lowest BCUT2D eigenvalue weighted by Crippen LogP contribution is -2.23. The van der Waals surface area contributed by atoms with Crippen LogP contribution >= 0.6 is 0 Å². The molecule has 102 valence electrons. The van der Waals surface area contributed by atoms with Gasteiger partial charge in [-0.25, -0.2) is 0 Å². The molecule has 19 heavy (non-hydrogen) atoms. The highest BCUT2D eigenvalue weighted by Gasteiger charge is 2.07. The minimum absolute atomic E-state index is 0.184. The van der Waals surface area contributed by atoms with Gasteiger partial charge in [-0.1, -0.05) is 0 Å². The predicted molar refractivity (Wildman–Crippen MR) is 75.9 cm³/mol. The van der Waals surface area contributed by atoms with Crippen LogP contribution in [0.2, 0.25) is 0 Å². The molecule has 0 saturated carbocycles. The van der Waals surface area contributed by atoms with Gasteiger partial charge in [-0.2, -0.15) is 15.1 Å². The van der Waals surface area contributed by atoms with E-state index in [9.17, 15) is 0 Å². The zero-order chi connectivity index (χ0) is 13.7. The number of nitrogen functional groups attached to an aromatic ring is 1. The van der Waals surface area contributed by atoms with Gasteiger partial charge in [0, 0.05) is 31.0 Å². The third-order valence-electron chi connectivity index (χ3n) is 2.52. The second-order valence-corrected chi connectivity index (χ2v) is 4.30. The van der Waals surface area contributed by atoms with Gasteiger partial charge in [0.1, 0.15) is 11.6 Å². The van der Waals surface area contributed by atoms with Crippen LogP contribution < -0.4 is 16.4 Å². The highest BCUT2D eigenvalue weighted by Crippen LogP contribution is 2.13. The maximum Gasteiger partial charge on any atom is 0.223 e. The van der Waals surface area contributed by atoms with Crippen LogP contribution in [0.25, 0.3) is 0 Å². The van der Waals surface area contributed by atoms with Crippen LogP contribution in [0.1, 0.15) is 13.8 Å². The van der Waals surface area contributed by atoms with Gasteiger partial charge in [-0.15, -0.1) is 0 Å². The van der Waals surface area contributed by atoms with Crippen LogP contribution in [0.4, 0.5) is 17.6 Å². The molecule has 7 nitrogen and oxygen atoms in total. The van der Waals surface area contributed by atoms with E-state index in [1.807, 2.05) is 29.9 Å². The van der Waals surface area contributed by atoms with E-state index < -0.39 is 0 Å². The summed E-state index contributed by atoms with van der Waals surface area (Å²) in [5.74, 6) is 1.69. The zero-order valence-electron chi connectivity index (χ0n) is 11.2. The molecular weight excluding hydrogens is 242 g/mol. The van der Waals surface area contributed by atoms with Crippen molar-refractivity contribution in [3.63, 3.8) is 0 Å². The second kappa shape index (κ2) is 6.03. The fraction of sp³-hybridized carbons (Fsp3) is 0.417. The number of hydrogen-bond donors (Lipinski definition) is 3. The van der Waals surface area contributed by atoms with Crippen molar-refractivity contribution >= 4 is 17.6 Å². The lowest BCUT2D eigenvalue weighted by molar-refractivity contribution is 0.560. The smallest absolute Gasteiger partial charge is 0.223 e. The number of anilines is 3. The Labute approximate surface area is 112 Å². The molecule has 2 heterocycles. The SMILES string of the molecule is CCNc1cc(NC(C)Cn2cccn2)nc(N)n1. The summed E-state index contributed by atoms with van der Waals surface area (Å²) in [4.78, 5) is 8.28. The molecule has 0 bridgehead atoms. The molecule has 0 aliphatic rings. The van der Waals surface area contributed by atoms with Gasteiger partial charge in [0.05, 0.1) is 6.54 Å². The van der Waals surface area contributed by atoms with Gasteiger partial charge in [0.15, 0.2) is 0 Å². The minimum Gasteiger partial charge on any atom is -0.370 e. The van der Waals surface area contributed by atoms with Gasteiger partial charge in [-0.05, 0) is 19.9 Å². The number of nitrogens with two attached hydrogens (primary N) is 1. The summed E-state index contributed by atoms with van der Waals surface area (Å²) in [6.45, 7) is 5.62. The Kier molecular flexibility index (Phi) is 4.17. The summed E-state index contributed by atoms with van der Waals surface area (Å²) in [5.41, 5.74) is 5.68. The largest absolute Gasteiger partial charge is 0.370 e. The maximum absolute atomic E-state index is 5.68. The van der Waals surface area contributed by atoms with Crippen LogP contribution in [-0.4, -0.2) is 32.3 Å². The Balaban J connectivity index is 2.01. The van der Waals surface area contributed by atoms with E-state index in [0.29, 0.717) is 5.82 Å². The number of aromatic nitrogens is 4. The van der Waals surface area contributed by atoms with E-state index in [1.165, 1.54) is 0 Å². The Morgan fingerprint density at radius 1 is 1.37 bits per heavy atom. The molecule has 0 fully saturated rings. The first-order chi connectivity index (χ1) is 9.17. The lowest BCUT2D eigenvalue weighted by Gasteiger charge is -2.15. The van der Waals surface area contributed by atoms with Gasteiger partial charge in [0.2, 0.25) is 5.95 Å². The van der Waals surface area contributed by atoms with Crippen molar-refractivity contribution in [3.05, 3.63) is 24.5 Å². The summed E-state index contributed by atoms with van der Waals surface area (Å²) >= 11 is 0. The average molecular weight is 261 g/mol. The predicted octanol–water partition coefficient (Wildman–Crippen LogP) is 1.19. The molecule has 2 aromatic rings. The third-order valence-corrected chi connectivity index (χ3v) is 2.52. The van der Waals surface area contributed by atoms with Gasteiger partial charge in [0.25, 0.3) is 0 Å². The molecule has 0 radical (unpaired) electrons. The van der Waals surface area contributed by atoms with Crippen molar-refractivity contribution in [2.45, 2.75) is 26.4 Å². The summed E-state index contributed by atoms with van der Waals surface area (Å²) in [6, 6.07) is 3.93. The van der Waals surface area contributed by atoms with E-state index in [-0.39, 0.29) is 12.0 Å². The monoisotopic (exact) mass is 261 g/mol. The van der Waals surface area contributed by atoms with Crippen molar-refractivity contribution in [3.8, 4) is 0 Å². The number of nitrogens with one attached hydrogen (secondary N) is 2. The molecule has 0 spiro atoms. The Morgan fingerprint density at radius 3 is 2.84 bits per heavy atom. The summed E-state index contributed by atoms with van der Waals surface area (Å²) in [6.07, 6.45) is 3.69. The van der Waals surface area contributed by atoms with Crippen molar-refractivity contribution in [1.29, 1.82) is 0 Å². The van der Waals surface area contributed by atoms with Crippen molar-refractivity contribution in [2.75, 3.05) is 22.9 Å². The van der Waals surface area contributed by atoms with Crippen molar-refractivity contribution in [1.82, 2.24) is 19.7 Å². The van der Waals surface area contributed by atoms with E-state index in [2.05, 4.69) is 32.6 Å². The molecule has 4 N–H and O–H groups in total. The zero-order valence-corrected chi connectivity index (χ0v) is 11.2. The average Bonchev–Trinajstić information content (AvgIpc) is 2.81. The molecule has 7 heteroatoms. The summed E-state index contributed by atoms with van der Waals surface area (Å²) in [5, 5.41) is 10.6. The highest BCUT2D eigenvalue weighted by molar-refractivity contribution is 5.51. The van der Waals surface area contributed by atoms with E-state index in [1.54, 1.807) is 6.20 Å². The standard InChI is InChI=1S/C12H19N7/c1-3-14-10-7-11(18-12(13)17-10)16-9(2)8-19-6-4-5-15-19/h4-7,9H,3,8H2,1-2H3,(H4,13,14,16,17,18). The van der Waals surface area contributed by atoms with Crippen LogP contribution in [0.5, 0.6) is 0 Å². The van der Waals surface area contributed by atoms with E-state index in [4.69, 9.17) is 5.73 Å². The van der Waals surface area contributed by atoms with Crippen LogP contribution in [0.15, 0.2) is 24.5 Å². The molecule has 2 aromatic heterocycles. The van der Waals surface area contributed by atoms with Crippen LogP contribution in [-0.2, 0) is 6.54 Å². The fourth-order valence-electron chi connectivity index (χ4n) is 1.80. The molecule has 1 atom stereocenters. The van der Waals surface area contributed by atoms with Crippen LogP contribution in [0.3, 0.4) is 0 Å². The lowest BCUT2D eigenvalue weighted by atomic mass is 10.3. The fourth-order valence-corrected chi connectivity index (χ4v) is 1.80. The van der Waals surface area contributed by atoms with Crippen molar-refractivity contribution in [2.24, 2.45) is 0 Å². The number of rotatable bonds is 6. The molecule has 2 rings (SSSR count). The molecule has 0 aromatic carbocycles. The van der Waals surface area contributed by atoms with Crippen LogP contribution in [0, 0.1) is 0 Å². The molecule has 0 saturated heterocycles. The topological polar surface area (TPSA) is 93.7 Å². The third kappa shape index (κ3) is 3.84. The quantitative estimate of drug-likeness (QED) is 0.723. The molecule has 0 amide bonds. The number of nitrogens with zero attached hydrogens (tertiary/aromatic N) is 4. The Morgan fingerprint density at radius 2 is 2.16 bits per heavy atom. The van der Waals surface area contributed by atoms with Gasteiger partial charge in [-0.3, -0.25) is 4.68 Å². The van der Waals surface area contributed by atoms with E-state index >= 15 is 0 Å². The Bertz CT molecular complexity index is 509. The minimum atomic E-state index is 0.184. The second-order valence-electron chi connectivity index (χ2n) is 4.30. The first-order valence-corrected chi connectivity index (χ1v) is 6.29. The highest BCUT2D eigenvalue weighted by atomic mass is 15.3.